The van der Waals surface area contributed by atoms with Crippen LogP contribution in [0.3, 0.4) is 0 Å². The Hall–Kier alpha value is -2.64. The van der Waals surface area contributed by atoms with Crippen molar-refractivity contribution in [1.82, 2.24) is 24.8 Å². The first kappa shape index (κ1) is 13.1. The number of piperidine rings is 1. The number of methoxy groups -OCH3 is 1. The van der Waals surface area contributed by atoms with E-state index in [-0.39, 0.29) is 0 Å². The molecule has 8 heteroatoms. The maximum atomic E-state index is 5.35. The smallest absolute Gasteiger partial charge is 0.297 e. The fourth-order valence-electron chi connectivity index (χ4n) is 2.85. The van der Waals surface area contributed by atoms with Crippen LogP contribution >= 0.6 is 0 Å². The Balaban J connectivity index is 1.56. The average molecular weight is 300 g/mol. The molecule has 1 saturated heterocycles. The number of nitrogens with zero attached hydrogens (tertiary/aromatic N) is 6. The first-order valence-electron chi connectivity index (χ1n) is 7.26. The van der Waals surface area contributed by atoms with Crippen LogP contribution in [-0.2, 0) is 0 Å². The fraction of sp³-hybridized carbons (Fsp3) is 0.429. The van der Waals surface area contributed by atoms with Crippen LogP contribution in [0.1, 0.15) is 24.6 Å². The van der Waals surface area contributed by atoms with E-state index in [1.165, 1.54) is 0 Å². The molecular weight excluding hydrogens is 284 g/mol. The van der Waals surface area contributed by atoms with Gasteiger partial charge in [0.15, 0.2) is 11.5 Å². The van der Waals surface area contributed by atoms with Gasteiger partial charge in [-0.05, 0) is 18.9 Å². The Morgan fingerprint density at radius 1 is 1.23 bits per heavy atom. The van der Waals surface area contributed by atoms with Crippen molar-refractivity contribution in [1.29, 1.82) is 0 Å². The first-order chi connectivity index (χ1) is 10.8. The Morgan fingerprint density at radius 2 is 2.09 bits per heavy atom. The number of anilines is 1. The first-order valence-corrected chi connectivity index (χ1v) is 7.26. The van der Waals surface area contributed by atoms with Gasteiger partial charge >= 0.3 is 0 Å². The topological polar surface area (TPSA) is 81.6 Å². The van der Waals surface area contributed by atoms with Crippen molar-refractivity contribution in [3.63, 3.8) is 0 Å². The molecule has 0 aliphatic carbocycles. The van der Waals surface area contributed by atoms with Gasteiger partial charge in [-0.1, -0.05) is 0 Å². The van der Waals surface area contributed by atoms with Gasteiger partial charge in [-0.15, -0.1) is 15.3 Å². The standard InChI is InChI=1S/C14H16N6O2/c1-21-12-3-2-11-16-17-13(20(11)18-12)10-4-7-19(8-5-10)14-15-6-9-22-14/h2-3,6,9-10H,4-5,7-8H2,1H3. The molecule has 114 valence electrons. The zero-order chi connectivity index (χ0) is 14.9. The second kappa shape index (κ2) is 5.28. The van der Waals surface area contributed by atoms with Gasteiger partial charge < -0.3 is 14.1 Å². The zero-order valence-electron chi connectivity index (χ0n) is 12.2. The second-order valence-electron chi connectivity index (χ2n) is 5.28. The monoisotopic (exact) mass is 300 g/mol. The Bertz CT molecular complexity index is 761. The van der Waals surface area contributed by atoms with E-state index >= 15 is 0 Å². The van der Waals surface area contributed by atoms with Gasteiger partial charge in [-0.25, -0.2) is 4.98 Å². The van der Waals surface area contributed by atoms with Gasteiger partial charge in [-0.2, -0.15) is 4.52 Å². The predicted octanol–water partition coefficient (Wildman–Crippen LogP) is 1.50. The van der Waals surface area contributed by atoms with Crippen molar-refractivity contribution in [2.45, 2.75) is 18.8 Å². The Kier molecular flexibility index (Phi) is 3.14. The molecule has 0 atom stereocenters. The van der Waals surface area contributed by atoms with Crippen LogP contribution < -0.4 is 9.64 Å². The van der Waals surface area contributed by atoms with Crippen LogP contribution in [0.2, 0.25) is 0 Å². The van der Waals surface area contributed by atoms with E-state index in [9.17, 15) is 0 Å². The highest BCUT2D eigenvalue weighted by Crippen LogP contribution is 2.29. The van der Waals surface area contributed by atoms with E-state index in [0.717, 1.165) is 37.4 Å². The van der Waals surface area contributed by atoms with Crippen LogP contribution in [-0.4, -0.2) is 45.0 Å². The molecule has 1 aliphatic rings. The third-order valence-corrected chi connectivity index (χ3v) is 4.02. The molecule has 0 aromatic carbocycles. The van der Waals surface area contributed by atoms with Crippen molar-refractivity contribution in [3.8, 4) is 5.88 Å². The van der Waals surface area contributed by atoms with Crippen LogP contribution in [0.15, 0.2) is 29.0 Å². The summed E-state index contributed by atoms with van der Waals surface area (Å²) >= 11 is 0. The van der Waals surface area contributed by atoms with Crippen molar-refractivity contribution in [2.75, 3.05) is 25.1 Å². The number of rotatable bonds is 3. The van der Waals surface area contributed by atoms with Gasteiger partial charge in [0.2, 0.25) is 5.88 Å². The number of hydrogen-bond acceptors (Lipinski definition) is 7. The van der Waals surface area contributed by atoms with Crippen LogP contribution in [0, 0.1) is 0 Å². The molecule has 3 aromatic heterocycles. The Labute approximate surface area is 126 Å². The molecule has 0 radical (unpaired) electrons. The molecule has 0 N–H and O–H groups in total. The molecule has 0 spiro atoms. The molecular formula is C14H16N6O2. The number of oxazole rings is 1. The largest absolute Gasteiger partial charge is 0.480 e. The van der Waals surface area contributed by atoms with E-state index < -0.39 is 0 Å². The van der Waals surface area contributed by atoms with E-state index in [1.54, 1.807) is 30.2 Å². The van der Waals surface area contributed by atoms with Crippen molar-refractivity contribution in [2.24, 2.45) is 0 Å². The lowest BCUT2D eigenvalue weighted by atomic mass is 9.96. The summed E-state index contributed by atoms with van der Waals surface area (Å²) in [4.78, 5) is 6.34. The minimum atomic E-state index is 0.320. The van der Waals surface area contributed by atoms with Gasteiger partial charge in [0.25, 0.3) is 6.01 Å². The molecule has 0 unspecified atom stereocenters. The summed E-state index contributed by atoms with van der Waals surface area (Å²) in [5, 5.41) is 12.9. The summed E-state index contributed by atoms with van der Waals surface area (Å²) in [7, 11) is 1.60. The number of ether oxygens (including phenoxy) is 1. The molecule has 1 fully saturated rings. The third-order valence-electron chi connectivity index (χ3n) is 4.02. The molecule has 0 saturated carbocycles. The molecule has 0 bridgehead atoms. The van der Waals surface area contributed by atoms with Crippen molar-refractivity contribution < 1.29 is 9.15 Å². The molecule has 8 nitrogen and oxygen atoms in total. The Morgan fingerprint density at radius 3 is 2.82 bits per heavy atom. The van der Waals surface area contributed by atoms with Gasteiger partial charge in [0.05, 0.1) is 13.3 Å². The van der Waals surface area contributed by atoms with Crippen LogP contribution in [0.4, 0.5) is 6.01 Å². The van der Waals surface area contributed by atoms with E-state index in [0.29, 0.717) is 17.8 Å². The predicted molar refractivity (Wildman–Crippen MR) is 78.0 cm³/mol. The molecule has 4 heterocycles. The lowest BCUT2D eigenvalue weighted by Gasteiger charge is -2.29. The maximum absolute atomic E-state index is 5.35. The van der Waals surface area contributed by atoms with Gasteiger partial charge in [-0.3, -0.25) is 0 Å². The minimum Gasteiger partial charge on any atom is -0.480 e. The molecule has 4 rings (SSSR count). The van der Waals surface area contributed by atoms with Crippen LogP contribution in [0.5, 0.6) is 5.88 Å². The van der Waals surface area contributed by atoms with Crippen LogP contribution in [0.25, 0.3) is 5.65 Å². The molecule has 0 amide bonds. The second-order valence-corrected chi connectivity index (χ2v) is 5.28. The fourth-order valence-corrected chi connectivity index (χ4v) is 2.85. The molecule has 22 heavy (non-hydrogen) atoms. The minimum absolute atomic E-state index is 0.320. The lowest BCUT2D eigenvalue weighted by molar-refractivity contribution is 0.386. The summed E-state index contributed by atoms with van der Waals surface area (Å²) in [6.45, 7) is 1.76. The SMILES string of the molecule is COc1ccc2nnc(C3CCN(c4ncco4)CC3)n2n1. The highest BCUT2D eigenvalue weighted by molar-refractivity contribution is 5.38. The summed E-state index contributed by atoms with van der Waals surface area (Å²) < 4.78 is 12.3. The summed E-state index contributed by atoms with van der Waals surface area (Å²) in [5.74, 6) is 1.77. The number of fused-ring (bicyclic) bond motifs is 1. The lowest BCUT2D eigenvalue weighted by Crippen LogP contribution is -2.33. The quantitative estimate of drug-likeness (QED) is 0.725. The van der Waals surface area contributed by atoms with Gasteiger partial charge in [0, 0.05) is 25.1 Å². The van der Waals surface area contributed by atoms with Crippen molar-refractivity contribution >= 4 is 11.7 Å². The average Bonchev–Trinajstić information content (AvgIpc) is 3.24. The van der Waals surface area contributed by atoms with E-state index in [4.69, 9.17) is 9.15 Å². The van der Waals surface area contributed by atoms with E-state index in [2.05, 4.69) is 25.2 Å². The summed E-state index contributed by atoms with van der Waals surface area (Å²) in [6, 6.07) is 4.34. The summed E-state index contributed by atoms with van der Waals surface area (Å²) in [6.07, 6.45) is 5.19. The number of hydrogen-bond donors (Lipinski definition) is 0. The van der Waals surface area contributed by atoms with Crippen molar-refractivity contribution in [3.05, 3.63) is 30.4 Å². The highest BCUT2D eigenvalue weighted by Gasteiger charge is 2.26. The maximum Gasteiger partial charge on any atom is 0.297 e. The molecule has 1 aliphatic heterocycles. The number of aromatic nitrogens is 5. The normalized spacial score (nSPS) is 16.3. The van der Waals surface area contributed by atoms with E-state index in [1.807, 2.05) is 6.07 Å². The highest BCUT2D eigenvalue weighted by atomic mass is 16.5. The third kappa shape index (κ3) is 2.16. The van der Waals surface area contributed by atoms with Gasteiger partial charge in [0.1, 0.15) is 6.26 Å². The molecule has 3 aromatic rings. The summed E-state index contributed by atoms with van der Waals surface area (Å²) in [5.41, 5.74) is 0.742. The zero-order valence-corrected chi connectivity index (χ0v) is 12.2.